The molecular weight excluding hydrogens is 278 g/mol. The molecule has 0 aliphatic heterocycles. The van der Waals surface area contributed by atoms with Gasteiger partial charge >= 0.3 is 0 Å². The lowest BCUT2D eigenvalue weighted by Gasteiger charge is -1.97. The Balaban J connectivity index is 2.17. The summed E-state index contributed by atoms with van der Waals surface area (Å²) in [6.07, 6.45) is 8.11. The van der Waals surface area contributed by atoms with Crippen molar-refractivity contribution < 1.29 is 4.92 Å². The molecule has 0 fully saturated rings. The molecule has 8 heteroatoms. The number of nitro benzene ring substituents is 1. The summed E-state index contributed by atoms with van der Waals surface area (Å²) in [5, 5.41) is 23.0. The fourth-order valence-corrected chi connectivity index (χ4v) is 1.89. The molecule has 0 bridgehead atoms. The molecule has 0 spiro atoms. The van der Waals surface area contributed by atoms with Gasteiger partial charge in [-0.1, -0.05) is 29.8 Å². The van der Waals surface area contributed by atoms with Crippen molar-refractivity contribution in [2.75, 3.05) is 5.75 Å². The van der Waals surface area contributed by atoms with Crippen LogP contribution in [0.1, 0.15) is 5.56 Å². The maximum Gasteiger partial charge on any atom is 0.270 e. The molecule has 1 aromatic carbocycles. The molecule has 0 aliphatic carbocycles. The molecule has 1 aromatic heterocycles. The number of thioether (sulfide) groups is 1. The number of aromatic nitrogens is 3. The predicted octanol–water partition coefficient (Wildman–Crippen LogP) is 1.79. The molecule has 0 amide bonds. The van der Waals surface area contributed by atoms with E-state index in [2.05, 4.69) is 21.2 Å². The average molecular weight is 287 g/mol. The molecule has 0 radical (unpaired) electrons. The van der Waals surface area contributed by atoms with Crippen molar-refractivity contribution in [1.29, 1.82) is 0 Å². The number of rotatable bonds is 5. The molecule has 20 heavy (non-hydrogen) atoms. The molecule has 0 N–H and O–H groups in total. The summed E-state index contributed by atoms with van der Waals surface area (Å²) in [6.45, 7) is 0. The molecule has 7 nitrogen and oxygen atoms in total. The van der Waals surface area contributed by atoms with E-state index in [0.29, 0.717) is 16.5 Å². The summed E-state index contributed by atoms with van der Waals surface area (Å²) in [5.41, 5.74) is 0.625. The third kappa shape index (κ3) is 3.43. The zero-order valence-corrected chi connectivity index (χ0v) is 11.0. The van der Waals surface area contributed by atoms with Gasteiger partial charge in [0.15, 0.2) is 0 Å². The Morgan fingerprint density at radius 2 is 2.45 bits per heavy atom. The highest BCUT2D eigenvalue weighted by Gasteiger charge is 2.05. The van der Waals surface area contributed by atoms with Crippen LogP contribution in [0.2, 0.25) is 0 Å². The van der Waals surface area contributed by atoms with E-state index in [9.17, 15) is 10.1 Å². The number of nitrogens with zero attached hydrogens (tertiary/aromatic N) is 5. The zero-order chi connectivity index (χ0) is 14.4. The molecule has 1 heterocycles. The van der Waals surface area contributed by atoms with E-state index in [-0.39, 0.29) is 5.69 Å². The Morgan fingerprint density at radius 1 is 1.60 bits per heavy atom. The van der Waals surface area contributed by atoms with E-state index in [4.69, 9.17) is 6.42 Å². The molecule has 0 unspecified atom stereocenters. The van der Waals surface area contributed by atoms with Gasteiger partial charge in [0, 0.05) is 17.7 Å². The van der Waals surface area contributed by atoms with Gasteiger partial charge in [0.2, 0.25) is 5.16 Å². The van der Waals surface area contributed by atoms with Crippen LogP contribution in [0.25, 0.3) is 0 Å². The summed E-state index contributed by atoms with van der Waals surface area (Å²) in [4.78, 5) is 10.2. The van der Waals surface area contributed by atoms with Gasteiger partial charge in [-0.3, -0.25) is 10.1 Å². The van der Waals surface area contributed by atoms with Crippen LogP contribution in [0.3, 0.4) is 0 Å². The molecule has 0 aliphatic rings. The molecule has 0 atom stereocenters. The fraction of sp³-hybridized carbons (Fsp3) is 0.0833. The van der Waals surface area contributed by atoms with Gasteiger partial charge in [0.1, 0.15) is 6.33 Å². The Labute approximate surface area is 118 Å². The Bertz CT molecular complexity index is 689. The van der Waals surface area contributed by atoms with Gasteiger partial charge in [-0.15, -0.1) is 16.6 Å². The van der Waals surface area contributed by atoms with Crippen molar-refractivity contribution >= 4 is 23.7 Å². The highest BCUT2D eigenvalue weighted by Crippen LogP contribution is 2.14. The van der Waals surface area contributed by atoms with E-state index in [1.165, 1.54) is 41.1 Å². The summed E-state index contributed by atoms with van der Waals surface area (Å²) < 4.78 is 1.46. The zero-order valence-electron chi connectivity index (χ0n) is 10.2. The Kier molecular flexibility index (Phi) is 4.47. The van der Waals surface area contributed by atoms with E-state index in [0.717, 1.165) is 0 Å². The van der Waals surface area contributed by atoms with E-state index >= 15 is 0 Å². The summed E-state index contributed by atoms with van der Waals surface area (Å²) >= 11 is 1.33. The molecule has 2 rings (SSSR count). The minimum absolute atomic E-state index is 0.0136. The second-order valence-electron chi connectivity index (χ2n) is 3.55. The minimum atomic E-state index is -0.454. The first-order valence-electron chi connectivity index (χ1n) is 5.46. The Hall–Kier alpha value is -2.66. The first-order valence-corrected chi connectivity index (χ1v) is 6.44. The molecule has 2 aromatic rings. The lowest BCUT2D eigenvalue weighted by molar-refractivity contribution is -0.384. The van der Waals surface area contributed by atoms with Gasteiger partial charge in [0.25, 0.3) is 5.69 Å². The third-order valence-electron chi connectivity index (χ3n) is 2.20. The van der Waals surface area contributed by atoms with Crippen molar-refractivity contribution in [3.8, 4) is 12.3 Å². The highest BCUT2D eigenvalue weighted by atomic mass is 32.2. The van der Waals surface area contributed by atoms with Crippen LogP contribution >= 0.6 is 11.8 Å². The van der Waals surface area contributed by atoms with Crippen LogP contribution in [-0.4, -0.2) is 31.8 Å². The normalized spacial score (nSPS) is 10.6. The van der Waals surface area contributed by atoms with Gasteiger partial charge < -0.3 is 0 Å². The van der Waals surface area contributed by atoms with Gasteiger partial charge in [-0.05, 0) is 0 Å². The van der Waals surface area contributed by atoms with Crippen LogP contribution in [0.4, 0.5) is 5.69 Å². The molecule has 0 saturated heterocycles. The molecular formula is C12H9N5O2S. The monoisotopic (exact) mass is 287 g/mol. The minimum Gasteiger partial charge on any atom is -0.258 e. The largest absolute Gasteiger partial charge is 0.270 e. The third-order valence-corrected chi connectivity index (χ3v) is 3.04. The number of nitro groups is 1. The van der Waals surface area contributed by atoms with Crippen LogP contribution in [0, 0.1) is 22.5 Å². The smallest absolute Gasteiger partial charge is 0.258 e. The van der Waals surface area contributed by atoms with Crippen molar-refractivity contribution in [2.24, 2.45) is 5.10 Å². The van der Waals surface area contributed by atoms with E-state index in [1.807, 2.05) is 0 Å². The summed E-state index contributed by atoms with van der Waals surface area (Å²) in [6, 6.07) is 6.17. The van der Waals surface area contributed by atoms with Gasteiger partial charge in [-0.2, -0.15) is 9.78 Å². The number of terminal acetylenes is 1. The summed E-state index contributed by atoms with van der Waals surface area (Å²) in [5.74, 6) is 2.95. The molecule has 0 saturated carbocycles. The number of non-ortho nitro benzene ring substituents is 1. The Morgan fingerprint density at radius 3 is 3.20 bits per heavy atom. The number of hydrogen-bond donors (Lipinski definition) is 0. The predicted molar refractivity (Wildman–Crippen MR) is 75.7 cm³/mol. The highest BCUT2D eigenvalue weighted by molar-refractivity contribution is 7.99. The van der Waals surface area contributed by atoms with Crippen molar-refractivity contribution in [3.05, 3.63) is 46.3 Å². The average Bonchev–Trinajstić information content (AvgIpc) is 2.90. The molecule has 100 valence electrons. The number of benzene rings is 1. The van der Waals surface area contributed by atoms with Crippen molar-refractivity contribution in [1.82, 2.24) is 14.9 Å². The maximum absolute atomic E-state index is 10.7. The lowest BCUT2D eigenvalue weighted by atomic mass is 10.2. The van der Waals surface area contributed by atoms with Crippen LogP contribution in [0.15, 0.2) is 40.9 Å². The van der Waals surface area contributed by atoms with Crippen LogP contribution in [0.5, 0.6) is 0 Å². The van der Waals surface area contributed by atoms with E-state index in [1.54, 1.807) is 12.1 Å². The fourth-order valence-electron chi connectivity index (χ4n) is 1.35. The first-order chi connectivity index (χ1) is 9.70. The summed E-state index contributed by atoms with van der Waals surface area (Å²) in [7, 11) is 0. The van der Waals surface area contributed by atoms with Crippen molar-refractivity contribution in [3.63, 3.8) is 0 Å². The van der Waals surface area contributed by atoms with Gasteiger partial charge in [0.05, 0.1) is 16.9 Å². The topological polar surface area (TPSA) is 86.2 Å². The maximum atomic E-state index is 10.7. The SMILES string of the molecule is C#CCSc1nncn1N=Cc1cccc([N+](=O)[O-])c1. The first kappa shape index (κ1) is 13.8. The van der Waals surface area contributed by atoms with E-state index < -0.39 is 4.92 Å². The number of hydrogen-bond acceptors (Lipinski definition) is 6. The quantitative estimate of drug-likeness (QED) is 0.275. The van der Waals surface area contributed by atoms with Crippen LogP contribution in [-0.2, 0) is 0 Å². The van der Waals surface area contributed by atoms with Crippen LogP contribution < -0.4 is 0 Å². The second kappa shape index (κ2) is 6.49. The van der Waals surface area contributed by atoms with Crippen molar-refractivity contribution in [2.45, 2.75) is 5.16 Å². The lowest BCUT2D eigenvalue weighted by Crippen LogP contribution is -1.93. The standard InChI is InChI=1S/C12H9N5O2S/c1-2-6-20-12-15-13-9-16(12)14-8-10-4-3-5-11(7-10)17(18)19/h1,3-5,7-9H,6H2. The van der Waals surface area contributed by atoms with Gasteiger partial charge in [-0.25, -0.2) is 0 Å². The second-order valence-corrected chi connectivity index (χ2v) is 4.49.